The number of hydrogen-bond donors (Lipinski definition) is 3. The van der Waals surface area contributed by atoms with Crippen molar-refractivity contribution in [2.75, 3.05) is 18.4 Å². The van der Waals surface area contributed by atoms with E-state index in [-0.39, 0.29) is 24.1 Å². The minimum atomic E-state index is -0.663. The molecule has 1 aromatic carbocycles. The van der Waals surface area contributed by atoms with Gasteiger partial charge in [0, 0.05) is 31.6 Å². The number of nitrogens with one attached hydrogen (secondary N) is 3. The molecule has 2 aliphatic rings. The molecule has 2 aliphatic heterocycles. The number of nitrogens with zero attached hydrogens (tertiary/aromatic N) is 1. The Morgan fingerprint density at radius 2 is 1.93 bits per heavy atom. The van der Waals surface area contributed by atoms with Gasteiger partial charge < -0.3 is 20.9 Å². The first-order valence-electron chi connectivity index (χ1n) is 9.58. The molecule has 0 aromatic heterocycles. The van der Waals surface area contributed by atoms with Gasteiger partial charge in [-0.05, 0) is 31.4 Å². The van der Waals surface area contributed by atoms with E-state index in [2.05, 4.69) is 16.0 Å². The molecule has 0 aliphatic carbocycles. The van der Waals surface area contributed by atoms with Crippen LogP contribution in [0.15, 0.2) is 24.3 Å². The van der Waals surface area contributed by atoms with Gasteiger partial charge >= 0.3 is 0 Å². The van der Waals surface area contributed by atoms with Gasteiger partial charge in [0.05, 0.1) is 5.56 Å². The Hall–Kier alpha value is -2.57. The maximum Gasteiger partial charge on any atom is 0.255 e. The first-order chi connectivity index (χ1) is 12.8. The lowest BCUT2D eigenvalue weighted by atomic mass is 9.95. The van der Waals surface area contributed by atoms with E-state index in [1.54, 1.807) is 17.9 Å². The number of para-hydroxylation sites is 1. The molecule has 0 radical (unpaired) electrons. The number of benzene rings is 1. The predicted octanol–water partition coefficient (Wildman–Crippen LogP) is 1.71. The van der Waals surface area contributed by atoms with Crippen LogP contribution in [0.3, 0.4) is 0 Å². The number of fused-ring (bicyclic) bond motifs is 1. The Morgan fingerprint density at radius 3 is 2.67 bits per heavy atom. The van der Waals surface area contributed by atoms with Crippen molar-refractivity contribution in [3.63, 3.8) is 0 Å². The summed E-state index contributed by atoms with van der Waals surface area (Å²) in [5.74, 6) is 0.0203. The van der Waals surface area contributed by atoms with Gasteiger partial charge in [-0.15, -0.1) is 0 Å². The van der Waals surface area contributed by atoms with Crippen LogP contribution in [0.5, 0.6) is 0 Å². The molecule has 27 heavy (non-hydrogen) atoms. The average Bonchev–Trinajstić information content (AvgIpc) is 2.79. The lowest BCUT2D eigenvalue weighted by Gasteiger charge is -2.40. The molecule has 3 N–H and O–H groups in total. The lowest BCUT2D eigenvalue weighted by molar-refractivity contribution is -0.139. The molecule has 7 heteroatoms. The number of carbonyl (C=O) groups is 3. The average molecular weight is 372 g/mol. The summed E-state index contributed by atoms with van der Waals surface area (Å²) in [7, 11) is 0. The zero-order valence-corrected chi connectivity index (χ0v) is 16.2. The summed E-state index contributed by atoms with van der Waals surface area (Å²) in [4.78, 5) is 39.2. The highest BCUT2D eigenvalue weighted by atomic mass is 16.2. The largest absolute Gasteiger partial charge is 0.362 e. The van der Waals surface area contributed by atoms with E-state index in [1.807, 2.05) is 32.0 Å². The number of anilines is 1. The third kappa shape index (κ3) is 4.07. The Balaban J connectivity index is 1.72. The van der Waals surface area contributed by atoms with Crippen molar-refractivity contribution in [2.45, 2.75) is 51.7 Å². The van der Waals surface area contributed by atoms with Crippen molar-refractivity contribution in [3.8, 4) is 0 Å². The van der Waals surface area contributed by atoms with E-state index >= 15 is 0 Å². The molecule has 1 fully saturated rings. The Morgan fingerprint density at radius 1 is 1.19 bits per heavy atom. The van der Waals surface area contributed by atoms with E-state index in [0.717, 1.165) is 5.69 Å². The second-order valence-electron chi connectivity index (χ2n) is 7.86. The smallest absolute Gasteiger partial charge is 0.255 e. The summed E-state index contributed by atoms with van der Waals surface area (Å²) in [5, 5.41) is 9.36. The van der Waals surface area contributed by atoms with Crippen LogP contribution in [0.25, 0.3) is 0 Å². The van der Waals surface area contributed by atoms with Gasteiger partial charge in [-0.1, -0.05) is 26.0 Å². The molecular formula is C20H28N4O3. The van der Waals surface area contributed by atoms with E-state index in [0.29, 0.717) is 37.4 Å². The second kappa shape index (κ2) is 7.58. The maximum absolute atomic E-state index is 12.7. The van der Waals surface area contributed by atoms with Crippen LogP contribution in [-0.2, 0) is 9.59 Å². The molecule has 0 bridgehead atoms. The molecule has 0 saturated carbocycles. The highest BCUT2D eigenvalue weighted by Crippen LogP contribution is 2.31. The summed E-state index contributed by atoms with van der Waals surface area (Å²) in [6, 6.07) is 6.83. The number of rotatable bonds is 4. The standard InChI is InChI=1S/C20H28N4O3/c1-13(2)12-21-18(26)14(3)24-11-10-20(9-8-17(24)25)22-16-7-5-4-6-15(16)19(27)23-20/h4-7,13-14,22H,8-12H2,1-3H3,(H,21,26)(H,23,27)/t14-,20-/m0/s1. The van der Waals surface area contributed by atoms with Gasteiger partial charge in [0.1, 0.15) is 11.7 Å². The topological polar surface area (TPSA) is 90.5 Å². The second-order valence-corrected chi connectivity index (χ2v) is 7.86. The van der Waals surface area contributed by atoms with Gasteiger partial charge in [-0.2, -0.15) is 0 Å². The lowest BCUT2D eigenvalue weighted by Crippen LogP contribution is -2.58. The molecular weight excluding hydrogens is 344 g/mol. The fraction of sp³-hybridized carbons (Fsp3) is 0.550. The molecule has 2 heterocycles. The third-order valence-electron chi connectivity index (χ3n) is 5.30. The van der Waals surface area contributed by atoms with Crippen LogP contribution >= 0.6 is 0 Å². The predicted molar refractivity (Wildman–Crippen MR) is 103 cm³/mol. The van der Waals surface area contributed by atoms with Gasteiger partial charge in [0.2, 0.25) is 11.8 Å². The molecule has 1 saturated heterocycles. The first kappa shape index (κ1) is 19.2. The quantitative estimate of drug-likeness (QED) is 0.750. The summed E-state index contributed by atoms with van der Waals surface area (Å²) in [5.41, 5.74) is 0.728. The normalized spacial score (nSPS) is 23.3. The molecule has 146 valence electrons. The van der Waals surface area contributed by atoms with Crippen LogP contribution in [-0.4, -0.2) is 47.4 Å². The number of amides is 3. The summed E-state index contributed by atoms with van der Waals surface area (Å²) >= 11 is 0. The van der Waals surface area contributed by atoms with Gasteiger partial charge in [0.15, 0.2) is 0 Å². The molecule has 2 atom stereocenters. The van der Waals surface area contributed by atoms with Crippen molar-refractivity contribution in [1.29, 1.82) is 0 Å². The van der Waals surface area contributed by atoms with Crippen molar-refractivity contribution < 1.29 is 14.4 Å². The molecule has 3 rings (SSSR count). The summed E-state index contributed by atoms with van der Waals surface area (Å²) in [6.07, 6.45) is 1.31. The number of likely N-dealkylation sites (tertiary alicyclic amines) is 1. The van der Waals surface area contributed by atoms with Gasteiger partial charge in [-0.3, -0.25) is 14.4 Å². The zero-order valence-electron chi connectivity index (χ0n) is 16.2. The molecule has 1 aromatic rings. The third-order valence-corrected chi connectivity index (χ3v) is 5.30. The SMILES string of the molecule is CC(C)CNC(=O)[C@H](C)N1CC[C@]2(CCC1=O)NC(=O)c1ccccc1N2. The zero-order chi connectivity index (χ0) is 19.6. The van der Waals surface area contributed by atoms with Crippen LogP contribution in [0.2, 0.25) is 0 Å². The molecule has 1 spiro atoms. The minimum Gasteiger partial charge on any atom is -0.362 e. The molecule has 3 amide bonds. The van der Waals surface area contributed by atoms with Crippen LogP contribution < -0.4 is 16.0 Å². The first-order valence-corrected chi connectivity index (χ1v) is 9.58. The summed E-state index contributed by atoms with van der Waals surface area (Å²) in [6.45, 7) is 6.81. The fourth-order valence-electron chi connectivity index (χ4n) is 3.64. The molecule has 7 nitrogen and oxygen atoms in total. The van der Waals surface area contributed by atoms with E-state index in [1.165, 1.54) is 0 Å². The van der Waals surface area contributed by atoms with Crippen LogP contribution in [0, 0.1) is 5.92 Å². The Labute approximate surface area is 159 Å². The van der Waals surface area contributed by atoms with Crippen LogP contribution in [0.1, 0.15) is 50.4 Å². The van der Waals surface area contributed by atoms with Crippen LogP contribution in [0.4, 0.5) is 5.69 Å². The number of carbonyl (C=O) groups excluding carboxylic acids is 3. The highest BCUT2D eigenvalue weighted by Gasteiger charge is 2.41. The minimum absolute atomic E-state index is 0.0611. The van der Waals surface area contributed by atoms with Crippen molar-refractivity contribution >= 4 is 23.4 Å². The monoisotopic (exact) mass is 372 g/mol. The fourth-order valence-corrected chi connectivity index (χ4v) is 3.64. The van der Waals surface area contributed by atoms with Crippen molar-refractivity contribution in [2.24, 2.45) is 5.92 Å². The van der Waals surface area contributed by atoms with Gasteiger partial charge in [-0.25, -0.2) is 0 Å². The van der Waals surface area contributed by atoms with E-state index in [4.69, 9.17) is 0 Å². The Bertz CT molecular complexity index is 748. The highest BCUT2D eigenvalue weighted by molar-refractivity contribution is 6.02. The Kier molecular flexibility index (Phi) is 5.39. The summed E-state index contributed by atoms with van der Waals surface area (Å²) < 4.78 is 0. The molecule has 0 unspecified atom stereocenters. The van der Waals surface area contributed by atoms with E-state index in [9.17, 15) is 14.4 Å². The number of hydrogen-bond acceptors (Lipinski definition) is 4. The van der Waals surface area contributed by atoms with Crippen molar-refractivity contribution in [3.05, 3.63) is 29.8 Å². The van der Waals surface area contributed by atoms with Gasteiger partial charge in [0.25, 0.3) is 5.91 Å². The van der Waals surface area contributed by atoms with Crippen molar-refractivity contribution in [1.82, 2.24) is 15.5 Å². The van der Waals surface area contributed by atoms with E-state index < -0.39 is 11.7 Å². The maximum atomic E-state index is 12.7.